The number of nitrogens with one attached hydrogen (secondary N) is 1. The number of carbonyl (C=O) groups excluding carboxylic acids is 2. The van der Waals surface area contributed by atoms with Crippen molar-refractivity contribution in [2.24, 2.45) is 0 Å². The number of aromatic nitrogens is 1. The molecule has 9 nitrogen and oxygen atoms in total. The summed E-state index contributed by atoms with van der Waals surface area (Å²) in [4.78, 5) is 34.4. The molecule has 42 heavy (non-hydrogen) atoms. The molecule has 1 N–H and O–H groups in total. The van der Waals surface area contributed by atoms with Gasteiger partial charge in [-0.25, -0.2) is 12.8 Å². The Bertz CT molecular complexity index is 1480. The van der Waals surface area contributed by atoms with E-state index < -0.39 is 9.84 Å². The van der Waals surface area contributed by atoms with Crippen molar-refractivity contribution in [2.75, 3.05) is 32.4 Å². The zero-order chi connectivity index (χ0) is 29.7. The predicted octanol–water partition coefficient (Wildman–Crippen LogP) is 3.70. The molecule has 5 rings (SSSR count). The molecule has 2 aliphatic heterocycles. The average molecular weight is 595 g/mol. The van der Waals surface area contributed by atoms with E-state index in [4.69, 9.17) is 4.74 Å². The highest BCUT2D eigenvalue weighted by Crippen LogP contribution is 2.22. The molecule has 0 spiro atoms. The Morgan fingerprint density at radius 3 is 2.19 bits per heavy atom. The highest BCUT2D eigenvalue weighted by Gasteiger charge is 2.26. The Balaban J connectivity index is 1.05. The minimum atomic E-state index is -3.26. The van der Waals surface area contributed by atoms with Crippen LogP contribution in [0, 0.1) is 5.82 Å². The summed E-state index contributed by atoms with van der Waals surface area (Å²) < 4.78 is 42.4. The Morgan fingerprint density at radius 2 is 1.60 bits per heavy atom. The fourth-order valence-electron chi connectivity index (χ4n) is 5.31. The summed E-state index contributed by atoms with van der Waals surface area (Å²) in [5.74, 6) is -0.0378. The molecule has 0 unspecified atom stereocenters. The van der Waals surface area contributed by atoms with Crippen molar-refractivity contribution in [3.63, 3.8) is 0 Å². The summed E-state index contributed by atoms with van der Waals surface area (Å²) in [6, 6.07) is 16.2. The lowest BCUT2D eigenvalue weighted by molar-refractivity contribution is 0.0594. The van der Waals surface area contributed by atoms with Gasteiger partial charge in [-0.05, 0) is 66.9 Å². The molecule has 1 aromatic heterocycles. The molecule has 0 atom stereocenters. The summed E-state index contributed by atoms with van der Waals surface area (Å²) in [5.41, 5.74) is 1.76. The predicted molar refractivity (Wildman–Crippen MR) is 156 cm³/mol. The van der Waals surface area contributed by atoms with Crippen LogP contribution in [0.15, 0.2) is 71.8 Å². The van der Waals surface area contributed by atoms with Crippen molar-refractivity contribution in [1.29, 1.82) is 0 Å². The second kappa shape index (κ2) is 13.0. The SMILES string of the molecule is CS(=O)(=O)c1ccc(OC2CCN(C(=O)c3ccc(C(=O)NC4CCN(Cc5ccc(F)cc5)CC4)nc3)CC2)cc1. The third-order valence-corrected chi connectivity index (χ3v) is 8.90. The topological polar surface area (TPSA) is 109 Å². The van der Waals surface area contributed by atoms with Crippen LogP contribution >= 0.6 is 0 Å². The van der Waals surface area contributed by atoms with Gasteiger partial charge in [0.15, 0.2) is 9.84 Å². The molecule has 2 amide bonds. The van der Waals surface area contributed by atoms with Crippen LogP contribution < -0.4 is 10.1 Å². The molecule has 0 saturated carbocycles. The zero-order valence-electron chi connectivity index (χ0n) is 23.5. The number of piperidine rings is 2. The molecule has 0 radical (unpaired) electrons. The van der Waals surface area contributed by atoms with Gasteiger partial charge in [-0.1, -0.05) is 12.1 Å². The van der Waals surface area contributed by atoms with Gasteiger partial charge in [0, 0.05) is 64.1 Å². The molecule has 3 heterocycles. The smallest absolute Gasteiger partial charge is 0.270 e. The molecular weight excluding hydrogens is 559 g/mol. The number of halogens is 1. The second-order valence-electron chi connectivity index (χ2n) is 10.9. The molecule has 2 aliphatic rings. The average Bonchev–Trinajstić information content (AvgIpc) is 2.99. The number of amides is 2. The molecule has 0 aliphatic carbocycles. The Hall–Kier alpha value is -3.83. The van der Waals surface area contributed by atoms with Crippen LogP contribution in [0.25, 0.3) is 0 Å². The molecule has 3 aromatic rings. The first-order valence-electron chi connectivity index (χ1n) is 14.1. The normalized spacial score (nSPS) is 17.1. The largest absolute Gasteiger partial charge is 0.490 e. The molecule has 2 fully saturated rings. The van der Waals surface area contributed by atoms with Gasteiger partial charge in [0.05, 0.1) is 10.5 Å². The lowest BCUT2D eigenvalue weighted by atomic mass is 10.0. The van der Waals surface area contributed by atoms with Crippen LogP contribution in [0.1, 0.15) is 52.1 Å². The minimum absolute atomic E-state index is 0.0474. The van der Waals surface area contributed by atoms with Crippen molar-refractivity contribution >= 4 is 21.7 Å². The fraction of sp³-hybridized carbons (Fsp3) is 0.387. The Morgan fingerprint density at radius 1 is 0.929 bits per heavy atom. The van der Waals surface area contributed by atoms with Crippen molar-refractivity contribution in [3.8, 4) is 5.75 Å². The van der Waals surface area contributed by atoms with Crippen LogP contribution in [0.2, 0.25) is 0 Å². The monoisotopic (exact) mass is 594 g/mol. The first-order valence-corrected chi connectivity index (χ1v) is 16.0. The summed E-state index contributed by atoms with van der Waals surface area (Å²) in [5, 5.41) is 3.06. The van der Waals surface area contributed by atoms with E-state index in [0.717, 1.165) is 44.3 Å². The number of sulfone groups is 1. The Kier molecular flexibility index (Phi) is 9.18. The number of benzene rings is 2. The van der Waals surface area contributed by atoms with E-state index in [-0.39, 0.29) is 40.4 Å². The van der Waals surface area contributed by atoms with Gasteiger partial charge >= 0.3 is 0 Å². The van der Waals surface area contributed by atoms with Crippen molar-refractivity contribution in [2.45, 2.75) is 49.3 Å². The van der Waals surface area contributed by atoms with E-state index in [1.807, 2.05) is 0 Å². The number of hydrogen-bond acceptors (Lipinski definition) is 7. The van der Waals surface area contributed by atoms with E-state index in [1.165, 1.54) is 30.5 Å². The van der Waals surface area contributed by atoms with Gasteiger partial charge in [-0.3, -0.25) is 19.5 Å². The van der Waals surface area contributed by atoms with Crippen molar-refractivity contribution in [3.05, 3.63) is 89.5 Å². The second-order valence-corrected chi connectivity index (χ2v) is 13.0. The van der Waals surface area contributed by atoms with Gasteiger partial charge in [0.25, 0.3) is 11.8 Å². The van der Waals surface area contributed by atoms with E-state index in [0.29, 0.717) is 37.2 Å². The van der Waals surface area contributed by atoms with E-state index in [2.05, 4.69) is 15.2 Å². The van der Waals surface area contributed by atoms with Gasteiger partial charge in [0.2, 0.25) is 0 Å². The third kappa shape index (κ3) is 7.71. The quantitative estimate of drug-likeness (QED) is 0.424. The number of ether oxygens (including phenoxy) is 1. The zero-order valence-corrected chi connectivity index (χ0v) is 24.4. The van der Waals surface area contributed by atoms with Gasteiger partial charge < -0.3 is 15.0 Å². The molecule has 2 aromatic carbocycles. The summed E-state index contributed by atoms with van der Waals surface area (Å²) in [7, 11) is -3.26. The summed E-state index contributed by atoms with van der Waals surface area (Å²) in [6.07, 6.45) is 5.47. The third-order valence-electron chi connectivity index (χ3n) is 7.77. The van der Waals surface area contributed by atoms with Gasteiger partial charge in [0.1, 0.15) is 23.4 Å². The molecule has 2 saturated heterocycles. The number of likely N-dealkylation sites (tertiary alicyclic amines) is 2. The summed E-state index contributed by atoms with van der Waals surface area (Å²) in [6.45, 7) is 3.46. The van der Waals surface area contributed by atoms with Crippen LogP contribution in [0.3, 0.4) is 0 Å². The number of nitrogens with zero attached hydrogens (tertiary/aromatic N) is 3. The maximum absolute atomic E-state index is 13.1. The molecule has 11 heteroatoms. The first kappa shape index (κ1) is 29.7. The lowest BCUT2D eigenvalue weighted by Crippen LogP contribution is -2.44. The van der Waals surface area contributed by atoms with Crippen LogP contribution in [-0.2, 0) is 16.4 Å². The maximum Gasteiger partial charge on any atom is 0.270 e. The highest BCUT2D eigenvalue weighted by molar-refractivity contribution is 7.90. The molecule has 0 bridgehead atoms. The van der Waals surface area contributed by atoms with E-state index in [1.54, 1.807) is 41.3 Å². The number of rotatable bonds is 8. The Labute approximate surface area is 245 Å². The number of pyridine rings is 1. The highest BCUT2D eigenvalue weighted by atomic mass is 32.2. The van der Waals surface area contributed by atoms with Crippen LogP contribution in [-0.4, -0.2) is 79.6 Å². The summed E-state index contributed by atoms with van der Waals surface area (Å²) >= 11 is 0. The lowest BCUT2D eigenvalue weighted by Gasteiger charge is -2.32. The van der Waals surface area contributed by atoms with Crippen LogP contribution in [0.4, 0.5) is 4.39 Å². The molecule has 222 valence electrons. The van der Waals surface area contributed by atoms with Crippen molar-refractivity contribution in [1.82, 2.24) is 20.1 Å². The van der Waals surface area contributed by atoms with Gasteiger partial charge in [-0.15, -0.1) is 0 Å². The van der Waals surface area contributed by atoms with Crippen LogP contribution in [0.5, 0.6) is 5.75 Å². The number of hydrogen-bond donors (Lipinski definition) is 1. The minimum Gasteiger partial charge on any atom is -0.490 e. The standard InChI is InChI=1S/C31H35FN4O5S/c1-42(39,40)28-9-7-26(8-10-28)41-27-14-18-36(19-15-27)31(38)23-4-11-29(33-20-23)30(37)34-25-12-16-35(17-13-25)21-22-2-5-24(32)6-3-22/h2-11,20,25,27H,12-19,21H2,1H3,(H,34,37). The molecular formula is C31H35FN4O5S. The van der Waals surface area contributed by atoms with E-state index in [9.17, 15) is 22.4 Å². The van der Waals surface area contributed by atoms with E-state index >= 15 is 0 Å². The van der Waals surface area contributed by atoms with Gasteiger partial charge in [-0.2, -0.15) is 0 Å². The number of carbonyl (C=O) groups is 2. The van der Waals surface area contributed by atoms with Crippen molar-refractivity contribution < 1.29 is 27.1 Å². The maximum atomic E-state index is 13.1. The fourth-order valence-corrected chi connectivity index (χ4v) is 5.95. The first-order chi connectivity index (χ1) is 20.1.